The van der Waals surface area contributed by atoms with Crippen LogP contribution < -0.4 is 15.2 Å². The summed E-state index contributed by atoms with van der Waals surface area (Å²) in [5.74, 6) is 1.05. The highest BCUT2D eigenvalue weighted by Crippen LogP contribution is 2.22. The molecular formula is C13H19NO3. The van der Waals surface area contributed by atoms with Gasteiger partial charge in [-0.1, -0.05) is 6.07 Å². The second kappa shape index (κ2) is 5.57. The number of rotatable bonds is 6. The zero-order chi connectivity index (χ0) is 12.9. The second-order valence-electron chi connectivity index (χ2n) is 4.44. The lowest BCUT2D eigenvalue weighted by Crippen LogP contribution is -2.36. The molecule has 0 bridgehead atoms. The number of carbonyl (C=O) groups excluding carboxylic acids is 1. The van der Waals surface area contributed by atoms with Crippen molar-refractivity contribution in [2.24, 2.45) is 11.1 Å². The minimum atomic E-state index is -0.679. The van der Waals surface area contributed by atoms with E-state index < -0.39 is 5.41 Å². The van der Waals surface area contributed by atoms with E-state index in [1.165, 1.54) is 0 Å². The molecule has 4 nitrogen and oxygen atoms in total. The van der Waals surface area contributed by atoms with E-state index in [2.05, 4.69) is 0 Å². The van der Waals surface area contributed by atoms with Crippen LogP contribution in [-0.4, -0.2) is 19.1 Å². The van der Waals surface area contributed by atoms with Crippen molar-refractivity contribution in [1.29, 1.82) is 0 Å². The third-order valence-electron chi connectivity index (χ3n) is 2.38. The number of benzene rings is 1. The lowest BCUT2D eigenvalue weighted by Gasteiger charge is -2.20. The van der Waals surface area contributed by atoms with E-state index in [0.717, 1.165) is 5.75 Å². The number of primary amides is 1. The highest BCUT2D eigenvalue weighted by atomic mass is 16.5. The molecule has 1 amide bonds. The summed E-state index contributed by atoms with van der Waals surface area (Å²) in [5, 5.41) is 0. The SMILES string of the molecule is CCOc1cccc(OCC(C)(C)C(N)=O)c1. The average molecular weight is 237 g/mol. The van der Waals surface area contributed by atoms with Gasteiger partial charge in [-0.15, -0.1) is 0 Å². The van der Waals surface area contributed by atoms with Gasteiger partial charge in [0.15, 0.2) is 0 Å². The van der Waals surface area contributed by atoms with Crippen molar-refractivity contribution >= 4 is 5.91 Å². The Hall–Kier alpha value is -1.71. The first-order valence-corrected chi connectivity index (χ1v) is 5.61. The maximum atomic E-state index is 11.1. The lowest BCUT2D eigenvalue weighted by molar-refractivity contribution is -0.127. The Bertz CT molecular complexity index is 388. The summed E-state index contributed by atoms with van der Waals surface area (Å²) in [6.07, 6.45) is 0. The van der Waals surface area contributed by atoms with E-state index in [1.807, 2.05) is 25.1 Å². The van der Waals surface area contributed by atoms with E-state index >= 15 is 0 Å². The van der Waals surface area contributed by atoms with Gasteiger partial charge < -0.3 is 15.2 Å². The highest BCUT2D eigenvalue weighted by molar-refractivity contribution is 5.80. The van der Waals surface area contributed by atoms with Crippen molar-refractivity contribution in [1.82, 2.24) is 0 Å². The lowest BCUT2D eigenvalue weighted by atomic mass is 9.94. The Balaban J connectivity index is 2.63. The predicted molar refractivity (Wildman–Crippen MR) is 66.1 cm³/mol. The molecule has 94 valence electrons. The Morgan fingerprint density at radius 1 is 1.29 bits per heavy atom. The molecule has 0 aromatic heterocycles. The molecule has 0 fully saturated rings. The summed E-state index contributed by atoms with van der Waals surface area (Å²) in [5.41, 5.74) is 4.59. The third-order valence-corrected chi connectivity index (χ3v) is 2.38. The van der Waals surface area contributed by atoms with Gasteiger partial charge >= 0.3 is 0 Å². The highest BCUT2D eigenvalue weighted by Gasteiger charge is 2.25. The van der Waals surface area contributed by atoms with Gasteiger partial charge in [0, 0.05) is 6.07 Å². The van der Waals surface area contributed by atoms with Crippen molar-refractivity contribution in [2.75, 3.05) is 13.2 Å². The van der Waals surface area contributed by atoms with Crippen LogP contribution in [0.3, 0.4) is 0 Å². The summed E-state index contributed by atoms with van der Waals surface area (Å²) >= 11 is 0. The van der Waals surface area contributed by atoms with Crippen LogP contribution in [0.5, 0.6) is 11.5 Å². The molecule has 0 heterocycles. The minimum absolute atomic E-state index is 0.248. The average Bonchev–Trinajstić information content (AvgIpc) is 2.27. The smallest absolute Gasteiger partial charge is 0.226 e. The van der Waals surface area contributed by atoms with Crippen LogP contribution in [-0.2, 0) is 4.79 Å². The summed E-state index contributed by atoms with van der Waals surface area (Å²) < 4.78 is 10.9. The predicted octanol–water partition coefficient (Wildman–Crippen LogP) is 1.98. The van der Waals surface area contributed by atoms with Crippen molar-refractivity contribution in [3.8, 4) is 11.5 Å². The Morgan fingerprint density at radius 3 is 2.41 bits per heavy atom. The molecule has 0 spiro atoms. The molecular weight excluding hydrogens is 218 g/mol. The first kappa shape index (κ1) is 13.4. The van der Waals surface area contributed by atoms with Gasteiger partial charge in [0.1, 0.15) is 18.1 Å². The van der Waals surface area contributed by atoms with Crippen LogP contribution in [0.2, 0.25) is 0 Å². The summed E-state index contributed by atoms with van der Waals surface area (Å²) in [6.45, 7) is 6.28. The minimum Gasteiger partial charge on any atom is -0.494 e. The largest absolute Gasteiger partial charge is 0.494 e. The van der Waals surface area contributed by atoms with E-state index in [-0.39, 0.29) is 12.5 Å². The number of amides is 1. The van der Waals surface area contributed by atoms with Crippen LogP contribution in [0.25, 0.3) is 0 Å². The van der Waals surface area contributed by atoms with E-state index in [0.29, 0.717) is 12.4 Å². The molecule has 0 aliphatic rings. The van der Waals surface area contributed by atoms with Crippen LogP contribution in [0, 0.1) is 5.41 Å². The molecule has 0 aliphatic carbocycles. The Morgan fingerprint density at radius 2 is 1.88 bits per heavy atom. The number of nitrogens with two attached hydrogens (primary N) is 1. The van der Waals surface area contributed by atoms with Crippen molar-refractivity contribution in [3.63, 3.8) is 0 Å². The second-order valence-corrected chi connectivity index (χ2v) is 4.44. The van der Waals surface area contributed by atoms with Gasteiger partial charge in [-0.3, -0.25) is 4.79 Å². The maximum absolute atomic E-state index is 11.1. The van der Waals surface area contributed by atoms with Gasteiger partial charge in [0.2, 0.25) is 5.91 Å². The molecule has 2 N–H and O–H groups in total. The zero-order valence-electron chi connectivity index (χ0n) is 10.5. The van der Waals surface area contributed by atoms with Crippen LogP contribution in [0.4, 0.5) is 0 Å². The number of hydrogen-bond acceptors (Lipinski definition) is 3. The summed E-state index contributed by atoms with van der Waals surface area (Å²) in [7, 11) is 0. The molecule has 0 saturated carbocycles. The monoisotopic (exact) mass is 237 g/mol. The topological polar surface area (TPSA) is 61.6 Å². The van der Waals surface area contributed by atoms with Crippen LogP contribution >= 0.6 is 0 Å². The van der Waals surface area contributed by atoms with Gasteiger partial charge in [-0.25, -0.2) is 0 Å². The number of hydrogen-bond donors (Lipinski definition) is 1. The molecule has 1 aromatic carbocycles. The fourth-order valence-corrected chi connectivity index (χ4v) is 1.16. The first-order valence-electron chi connectivity index (χ1n) is 5.61. The van der Waals surface area contributed by atoms with Gasteiger partial charge in [-0.05, 0) is 32.9 Å². The number of carbonyl (C=O) groups is 1. The van der Waals surface area contributed by atoms with E-state index in [4.69, 9.17) is 15.2 Å². The summed E-state index contributed by atoms with van der Waals surface area (Å²) in [6, 6.07) is 7.31. The zero-order valence-corrected chi connectivity index (χ0v) is 10.5. The fourth-order valence-electron chi connectivity index (χ4n) is 1.16. The molecule has 0 atom stereocenters. The standard InChI is InChI=1S/C13H19NO3/c1-4-16-10-6-5-7-11(8-10)17-9-13(2,3)12(14)15/h5-8H,4,9H2,1-3H3,(H2,14,15). The van der Waals surface area contributed by atoms with Crippen LogP contribution in [0.15, 0.2) is 24.3 Å². The van der Waals surface area contributed by atoms with Crippen molar-refractivity contribution in [3.05, 3.63) is 24.3 Å². The molecule has 0 saturated heterocycles. The fraction of sp³-hybridized carbons (Fsp3) is 0.462. The van der Waals surface area contributed by atoms with Gasteiger partial charge in [-0.2, -0.15) is 0 Å². The third kappa shape index (κ3) is 3.98. The molecule has 4 heteroatoms. The first-order chi connectivity index (χ1) is 7.95. The molecule has 1 aromatic rings. The molecule has 0 radical (unpaired) electrons. The van der Waals surface area contributed by atoms with Gasteiger partial charge in [0.05, 0.1) is 12.0 Å². The van der Waals surface area contributed by atoms with E-state index in [9.17, 15) is 4.79 Å². The normalized spacial score (nSPS) is 11.0. The molecule has 0 aliphatic heterocycles. The van der Waals surface area contributed by atoms with Crippen molar-refractivity contribution < 1.29 is 14.3 Å². The Labute approximate surface area is 102 Å². The Kier molecular flexibility index (Phi) is 4.37. The van der Waals surface area contributed by atoms with Gasteiger partial charge in [0.25, 0.3) is 0 Å². The maximum Gasteiger partial charge on any atom is 0.226 e. The van der Waals surface area contributed by atoms with Crippen molar-refractivity contribution in [2.45, 2.75) is 20.8 Å². The van der Waals surface area contributed by atoms with E-state index in [1.54, 1.807) is 19.9 Å². The molecule has 1 rings (SSSR count). The van der Waals surface area contributed by atoms with Crippen LogP contribution in [0.1, 0.15) is 20.8 Å². The summed E-state index contributed by atoms with van der Waals surface area (Å²) in [4.78, 5) is 11.1. The number of ether oxygens (including phenoxy) is 2. The molecule has 17 heavy (non-hydrogen) atoms. The quantitative estimate of drug-likeness (QED) is 0.822. The molecule has 0 unspecified atom stereocenters.